The summed E-state index contributed by atoms with van der Waals surface area (Å²) in [4.78, 5) is 0. The van der Waals surface area contributed by atoms with Crippen LogP contribution in [0.3, 0.4) is 0 Å². The monoisotopic (exact) mass is 121 g/mol. The van der Waals surface area contributed by atoms with Crippen molar-refractivity contribution in [3.05, 3.63) is 12.4 Å². The van der Waals surface area contributed by atoms with Gasteiger partial charge in [-0.1, -0.05) is 6.58 Å². The summed E-state index contributed by atoms with van der Waals surface area (Å²) in [5.41, 5.74) is 6.13. The molecule has 3 nitrogen and oxygen atoms in total. The zero-order chi connectivity index (χ0) is 6.57. The van der Waals surface area contributed by atoms with Crippen LogP contribution in [0.25, 0.3) is 0 Å². The zero-order valence-corrected chi connectivity index (χ0v) is 3.99. The quantitative estimate of drug-likeness (QED) is 0.429. The van der Waals surface area contributed by atoms with Crippen LogP contribution >= 0.6 is 0 Å². The molecule has 0 saturated carbocycles. The minimum atomic E-state index is -2.68. The van der Waals surface area contributed by atoms with Gasteiger partial charge in [0.1, 0.15) is 5.82 Å². The first-order valence-electron chi connectivity index (χ1n) is 1.78. The fourth-order valence-corrected chi connectivity index (χ4v) is 0.158. The Kier molecular flexibility index (Phi) is 2.68. The van der Waals surface area contributed by atoms with E-state index in [4.69, 9.17) is 5.53 Å². The summed E-state index contributed by atoms with van der Waals surface area (Å²) in [6, 6.07) is 0. The fourth-order valence-electron chi connectivity index (χ4n) is 0.158. The highest BCUT2D eigenvalue weighted by atomic mass is 19.3. The number of hydrogen-bond donors (Lipinski definition) is 2. The second-order valence-electron chi connectivity index (χ2n) is 1.00. The molecule has 0 radical (unpaired) electrons. The van der Waals surface area contributed by atoms with Crippen molar-refractivity contribution < 1.29 is 8.78 Å². The maximum absolute atomic E-state index is 11.2. The van der Waals surface area contributed by atoms with Gasteiger partial charge in [-0.15, -0.1) is 5.11 Å². The van der Waals surface area contributed by atoms with Gasteiger partial charge in [-0.05, 0) is 0 Å². The van der Waals surface area contributed by atoms with Crippen LogP contribution in [0.4, 0.5) is 8.78 Å². The average molecular weight is 121 g/mol. The molecule has 0 heterocycles. The summed E-state index contributed by atoms with van der Waals surface area (Å²) in [7, 11) is 0. The predicted octanol–water partition coefficient (Wildman–Crippen LogP) is 1.30. The first-order chi connectivity index (χ1) is 3.66. The Morgan fingerprint density at radius 1 is 1.75 bits per heavy atom. The molecule has 0 amide bonds. The maximum Gasteiger partial charge on any atom is 0.314 e. The minimum Gasteiger partial charge on any atom is -0.313 e. The Balaban J connectivity index is 3.39. The summed E-state index contributed by atoms with van der Waals surface area (Å²) in [5.74, 6) is -0.333. The lowest BCUT2D eigenvalue weighted by Crippen LogP contribution is -2.16. The SMILES string of the molecule is C=C(N=N)NC(F)F. The summed E-state index contributed by atoms with van der Waals surface area (Å²) in [6.45, 7) is 0.284. The number of rotatable bonds is 3. The van der Waals surface area contributed by atoms with E-state index in [9.17, 15) is 8.78 Å². The third-order valence-corrected chi connectivity index (χ3v) is 0.411. The fraction of sp³-hybridized carbons (Fsp3) is 0.333. The Morgan fingerprint density at radius 2 is 2.25 bits per heavy atom. The standard InChI is InChI=1S/C3H5F2N3/c1-2(8-6)7-3(4)5/h3,6-7H,1H2. The van der Waals surface area contributed by atoms with Crippen molar-refractivity contribution in [2.24, 2.45) is 5.11 Å². The third-order valence-electron chi connectivity index (χ3n) is 0.411. The molecule has 5 heteroatoms. The third kappa shape index (κ3) is 3.20. The normalized spacial score (nSPS) is 8.88. The van der Waals surface area contributed by atoms with Gasteiger partial charge in [0.25, 0.3) is 0 Å². The van der Waals surface area contributed by atoms with E-state index in [-0.39, 0.29) is 5.82 Å². The highest BCUT2D eigenvalue weighted by Crippen LogP contribution is 1.91. The van der Waals surface area contributed by atoms with E-state index in [0.29, 0.717) is 0 Å². The molecule has 0 aliphatic heterocycles. The Hall–Kier alpha value is -1.00. The molecule has 2 N–H and O–H groups in total. The summed E-state index contributed by atoms with van der Waals surface area (Å²) in [5, 5.41) is 4.10. The molecule has 0 spiro atoms. The van der Waals surface area contributed by atoms with Gasteiger partial charge in [-0.2, -0.15) is 8.78 Å². The van der Waals surface area contributed by atoms with Gasteiger partial charge in [-0.25, -0.2) is 5.53 Å². The minimum absolute atomic E-state index is 0.333. The van der Waals surface area contributed by atoms with Crippen LogP contribution in [0.1, 0.15) is 0 Å². The van der Waals surface area contributed by atoms with Crippen LogP contribution in [0.5, 0.6) is 0 Å². The van der Waals surface area contributed by atoms with Gasteiger partial charge in [0.2, 0.25) is 0 Å². The van der Waals surface area contributed by atoms with Gasteiger partial charge in [0.15, 0.2) is 0 Å². The molecule has 0 saturated heterocycles. The summed E-state index contributed by atoms with van der Waals surface area (Å²) >= 11 is 0. The van der Waals surface area contributed by atoms with Crippen LogP contribution in [0.15, 0.2) is 17.5 Å². The van der Waals surface area contributed by atoms with Crippen molar-refractivity contribution in [3.8, 4) is 0 Å². The smallest absolute Gasteiger partial charge is 0.313 e. The molecule has 0 aromatic carbocycles. The van der Waals surface area contributed by atoms with Crippen molar-refractivity contribution in [2.75, 3.05) is 0 Å². The number of hydrogen-bond acceptors (Lipinski definition) is 3. The molecule has 0 fully saturated rings. The topological polar surface area (TPSA) is 48.2 Å². The first kappa shape index (κ1) is 7.00. The van der Waals surface area contributed by atoms with Gasteiger partial charge >= 0.3 is 6.55 Å². The second kappa shape index (κ2) is 3.06. The van der Waals surface area contributed by atoms with Gasteiger partial charge < -0.3 is 5.32 Å². The molecule has 0 atom stereocenters. The van der Waals surface area contributed by atoms with Gasteiger partial charge in [0.05, 0.1) is 0 Å². The molecule has 0 aromatic rings. The largest absolute Gasteiger partial charge is 0.314 e. The molecule has 46 valence electrons. The van der Waals surface area contributed by atoms with Crippen molar-refractivity contribution in [2.45, 2.75) is 6.55 Å². The number of alkyl halides is 2. The molecule has 0 rings (SSSR count). The molecule has 0 unspecified atom stereocenters. The maximum atomic E-state index is 11.2. The Labute approximate surface area is 44.9 Å². The van der Waals surface area contributed by atoms with Crippen molar-refractivity contribution in [1.82, 2.24) is 5.32 Å². The lowest BCUT2D eigenvalue weighted by molar-refractivity contribution is 0.120. The second-order valence-corrected chi connectivity index (χ2v) is 1.00. The van der Waals surface area contributed by atoms with Crippen molar-refractivity contribution in [3.63, 3.8) is 0 Å². The molecule has 0 aliphatic carbocycles. The van der Waals surface area contributed by atoms with E-state index in [1.165, 1.54) is 5.32 Å². The van der Waals surface area contributed by atoms with Crippen LogP contribution in [0, 0.1) is 5.53 Å². The van der Waals surface area contributed by atoms with E-state index in [0.717, 1.165) is 0 Å². The van der Waals surface area contributed by atoms with Crippen LogP contribution < -0.4 is 5.32 Å². The molecule has 0 aliphatic rings. The molecule has 0 aromatic heterocycles. The summed E-state index contributed by atoms with van der Waals surface area (Å²) < 4.78 is 22.3. The number of nitrogens with zero attached hydrogens (tertiary/aromatic N) is 1. The highest BCUT2D eigenvalue weighted by Gasteiger charge is 1.98. The van der Waals surface area contributed by atoms with Gasteiger partial charge in [-0.3, -0.25) is 0 Å². The van der Waals surface area contributed by atoms with Crippen LogP contribution in [0.2, 0.25) is 0 Å². The average Bonchev–Trinajstić information content (AvgIpc) is 1.65. The van der Waals surface area contributed by atoms with Crippen LogP contribution in [-0.4, -0.2) is 6.55 Å². The predicted molar refractivity (Wildman–Crippen MR) is 23.4 cm³/mol. The number of halogens is 2. The molecule has 8 heavy (non-hydrogen) atoms. The van der Waals surface area contributed by atoms with E-state index in [1.807, 2.05) is 0 Å². The van der Waals surface area contributed by atoms with E-state index >= 15 is 0 Å². The van der Waals surface area contributed by atoms with Crippen molar-refractivity contribution >= 4 is 0 Å². The van der Waals surface area contributed by atoms with Crippen molar-refractivity contribution in [1.29, 1.82) is 5.53 Å². The summed E-state index contributed by atoms with van der Waals surface area (Å²) in [6.07, 6.45) is 0. The van der Waals surface area contributed by atoms with E-state index < -0.39 is 6.55 Å². The number of nitrogens with one attached hydrogen (secondary N) is 2. The Bertz CT molecular complexity index is 101. The highest BCUT2D eigenvalue weighted by molar-refractivity contribution is 4.83. The first-order valence-corrected chi connectivity index (χ1v) is 1.78. The molecule has 0 bridgehead atoms. The lowest BCUT2D eigenvalue weighted by atomic mass is 10.8. The van der Waals surface area contributed by atoms with E-state index in [1.54, 1.807) is 0 Å². The van der Waals surface area contributed by atoms with E-state index in [2.05, 4.69) is 11.7 Å². The van der Waals surface area contributed by atoms with Crippen LogP contribution in [-0.2, 0) is 0 Å². The molecular formula is C3H5F2N3. The van der Waals surface area contributed by atoms with Gasteiger partial charge in [0, 0.05) is 0 Å². The lowest BCUT2D eigenvalue weighted by Gasteiger charge is -1.98. The molecular weight excluding hydrogens is 116 g/mol. The Morgan fingerprint density at radius 3 is 2.38 bits per heavy atom. The zero-order valence-electron chi connectivity index (χ0n) is 3.99.